The Bertz CT molecular complexity index is 424. The first-order valence-corrected chi connectivity index (χ1v) is 6.18. The predicted molar refractivity (Wildman–Crippen MR) is 66.3 cm³/mol. The van der Waals surface area contributed by atoms with Crippen LogP contribution in [0, 0.1) is 5.92 Å². The maximum atomic E-state index is 11.7. The number of rotatable bonds is 2. The van der Waals surface area contributed by atoms with Gasteiger partial charge in [-0.2, -0.15) is 0 Å². The molecule has 0 amide bonds. The molecule has 2 rings (SSSR count). The zero-order chi connectivity index (χ0) is 11.5. The third-order valence-corrected chi connectivity index (χ3v) is 3.34. The summed E-state index contributed by atoms with van der Waals surface area (Å²) in [7, 11) is 0. The Balaban J connectivity index is 2.17. The van der Waals surface area contributed by atoms with E-state index in [2.05, 4.69) is 5.32 Å². The Labute approximate surface area is 104 Å². The summed E-state index contributed by atoms with van der Waals surface area (Å²) in [6.45, 7) is 2.71. The van der Waals surface area contributed by atoms with Crippen LogP contribution >= 0.6 is 23.2 Å². The second-order valence-corrected chi connectivity index (χ2v) is 5.02. The van der Waals surface area contributed by atoms with E-state index >= 15 is 0 Å². The molecule has 1 atom stereocenters. The van der Waals surface area contributed by atoms with Crippen LogP contribution in [0.15, 0.2) is 17.1 Å². The third kappa shape index (κ3) is 2.78. The Morgan fingerprint density at radius 3 is 3.00 bits per heavy atom. The van der Waals surface area contributed by atoms with Gasteiger partial charge in [0.05, 0.1) is 5.02 Å². The number of nitrogens with one attached hydrogen (secondary N) is 1. The maximum Gasteiger partial charge on any atom is 0.269 e. The Kier molecular flexibility index (Phi) is 3.90. The van der Waals surface area contributed by atoms with Crippen LogP contribution in [0.1, 0.15) is 12.8 Å². The minimum atomic E-state index is -0.156. The van der Waals surface area contributed by atoms with Gasteiger partial charge in [-0.25, -0.2) is 0 Å². The van der Waals surface area contributed by atoms with Crippen molar-refractivity contribution in [1.82, 2.24) is 9.88 Å². The van der Waals surface area contributed by atoms with E-state index in [0.29, 0.717) is 17.5 Å². The SMILES string of the molecule is O=c1c(Cl)cc(Cl)cn1CC1CCCNC1. The molecule has 1 unspecified atom stereocenters. The predicted octanol–water partition coefficient (Wildman–Crippen LogP) is 2.15. The zero-order valence-corrected chi connectivity index (χ0v) is 10.4. The molecule has 0 bridgehead atoms. The van der Waals surface area contributed by atoms with E-state index in [1.807, 2.05) is 0 Å². The van der Waals surface area contributed by atoms with E-state index in [1.165, 1.54) is 6.07 Å². The fraction of sp³-hybridized carbons (Fsp3) is 0.545. The Hall–Kier alpha value is -0.510. The molecular formula is C11H14Cl2N2O. The van der Waals surface area contributed by atoms with Crippen molar-refractivity contribution in [3.05, 3.63) is 32.7 Å². The van der Waals surface area contributed by atoms with Crippen molar-refractivity contribution in [2.75, 3.05) is 13.1 Å². The molecule has 88 valence electrons. The molecule has 1 aliphatic rings. The lowest BCUT2D eigenvalue weighted by Crippen LogP contribution is -2.34. The summed E-state index contributed by atoms with van der Waals surface area (Å²) >= 11 is 11.7. The van der Waals surface area contributed by atoms with Gasteiger partial charge >= 0.3 is 0 Å². The first-order valence-electron chi connectivity index (χ1n) is 5.43. The van der Waals surface area contributed by atoms with Gasteiger partial charge in [-0.3, -0.25) is 4.79 Å². The van der Waals surface area contributed by atoms with Gasteiger partial charge < -0.3 is 9.88 Å². The van der Waals surface area contributed by atoms with Crippen LogP contribution in [0.2, 0.25) is 10.0 Å². The minimum Gasteiger partial charge on any atom is -0.316 e. The number of hydrogen-bond acceptors (Lipinski definition) is 2. The van der Waals surface area contributed by atoms with E-state index in [-0.39, 0.29) is 10.6 Å². The summed E-state index contributed by atoms with van der Waals surface area (Å²) in [6, 6.07) is 1.49. The van der Waals surface area contributed by atoms with Crippen LogP contribution in [0.4, 0.5) is 0 Å². The topological polar surface area (TPSA) is 34.0 Å². The highest BCUT2D eigenvalue weighted by Crippen LogP contribution is 2.15. The molecule has 1 aromatic rings. The normalized spacial score (nSPS) is 21.0. The van der Waals surface area contributed by atoms with Crippen LogP contribution in [0.5, 0.6) is 0 Å². The standard InChI is InChI=1S/C11H14Cl2N2O/c12-9-4-10(13)11(16)15(7-9)6-8-2-1-3-14-5-8/h4,7-8,14H,1-3,5-6H2. The molecular weight excluding hydrogens is 247 g/mol. The molecule has 16 heavy (non-hydrogen) atoms. The van der Waals surface area contributed by atoms with Crippen molar-refractivity contribution in [3.63, 3.8) is 0 Å². The summed E-state index contributed by atoms with van der Waals surface area (Å²) in [5.74, 6) is 0.487. The van der Waals surface area contributed by atoms with Crippen LogP contribution in [0.3, 0.4) is 0 Å². The second kappa shape index (κ2) is 5.21. The van der Waals surface area contributed by atoms with Gasteiger partial charge in [0, 0.05) is 12.7 Å². The third-order valence-electron chi connectivity index (χ3n) is 2.86. The minimum absolute atomic E-state index is 0.156. The number of halogens is 2. The summed E-state index contributed by atoms with van der Waals surface area (Å²) in [4.78, 5) is 11.7. The van der Waals surface area contributed by atoms with E-state index in [1.54, 1.807) is 10.8 Å². The van der Waals surface area contributed by atoms with Crippen LogP contribution in [0.25, 0.3) is 0 Å². The summed E-state index contributed by atoms with van der Waals surface area (Å²) < 4.78 is 1.61. The summed E-state index contributed by atoms with van der Waals surface area (Å²) in [6.07, 6.45) is 3.96. The van der Waals surface area contributed by atoms with Gasteiger partial charge in [0.2, 0.25) is 0 Å². The summed E-state index contributed by atoms with van der Waals surface area (Å²) in [5, 5.41) is 4.02. The molecule has 0 saturated carbocycles. The average Bonchev–Trinajstić information content (AvgIpc) is 2.27. The van der Waals surface area contributed by atoms with Crippen molar-refractivity contribution in [1.29, 1.82) is 0 Å². The fourth-order valence-corrected chi connectivity index (χ4v) is 2.57. The molecule has 0 aromatic carbocycles. The molecule has 3 nitrogen and oxygen atoms in total. The van der Waals surface area contributed by atoms with Crippen molar-refractivity contribution < 1.29 is 0 Å². The lowest BCUT2D eigenvalue weighted by molar-refractivity contribution is 0.334. The lowest BCUT2D eigenvalue weighted by atomic mass is 10.00. The zero-order valence-electron chi connectivity index (χ0n) is 8.88. The van der Waals surface area contributed by atoms with Crippen molar-refractivity contribution in [3.8, 4) is 0 Å². The average molecular weight is 261 g/mol. The van der Waals surface area contributed by atoms with Crippen LogP contribution in [-0.2, 0) is 6.54 Å². The van der Waals surface area contributed by atoms with Crippen LogP contribution in [-0.4, -0.2) is 17.7 Å². The second-order valence-electron chi connectivity index (χ2n) is 4.18. The van der Waals surface area contributed by atoms with E-state index in [9.17, 15) is 4.79 Å². The molecule has 5 heteroatoms. The van der Waals surface area contributed by atoms with Crippen molar-refractivity contribution >= 4 is 23.2 Å². The lowest BCUT2D eigenvalue weighted by Gasteiger charge is -2.23. The molecule has 1 aliphatic heterocycles. The first kappa shape index (κ1) is 12.0. The van der Waals surface area contributed by atoms with Crippen molar-refractivity contribution in [2.24, 2.45) is 5.92 Å². The molecule has 1 N–H and O–H groups in total. The largest absolute Gasteiger partial charge is 0.316 e. The number of aromatic nitrogens is 1. The Morgan fingerprint density at radius 1 is 1.50 bits per heavy atom. The van der Waals surface area contributed by atoms with Gasteiger partial charge in [0.1, 0.15) is 5.02 Å². The summed E-state index contributed by atoms with van der Waals surface area (Å²) in [5.41, 5.74) is -0.156. The van der Waals surface area contributed by atoms with Gasteiger partial charge in [-0.15, -0.1) is 0 Å². The molecule has 1 fully saturated rings. The molecule has 0 spiro atoms. The highest BCUT2D eigenvalue weighted by Gasteiger charge is 2.14. The number of piperidine rings is 1. The number of hydrogen-bond donors (Lipinski definition) is 1. The van der Waals surface area contributed by atoms with Crippen LogP contribution < -0.4 is 10.9 Å². The van der Waals surface area contributed by atoms with Gasteiger partial charge in [0.25, 0.3) is 5.56 Å². The smallest absolute Gasteiger partial charge is 0.269 e. The highest BCUT2D eigenvalue weighted by atomic mass is 35.5. The molecule has 0 radical (unpaired) electrons. The van der Waals surface area contributed by atoms with Gasteiger partial charge in [-0.1, -0.05) is 23.2 Å². The fourth-order valence-electron chi connectivity index (χ4n) is 2.06. The molecule has 2 heterocycles. The molecule has 0 aliphatic carbocycles. The highest BCUT2D eigenvalue weighted by molar-refractivity contribution is 6.34. The maximum absolute atomic E-state index is 11.7. The Morgan fingerprint density at radius 2 is 2.31 bits per heavy atom. The van der Waals surface area contributed by atoms with E-state index < -0.39 is 0 Å². The monoisotopic (exact) mass is 260 g/mol. The number of pyridine rings is 1. The molecule has 1 aromatic heterocycles. The number of nitrogens with zero attached hydrogens (tertiary/aromatic N) is 1. The van der Waals surface area contributed by atoms with Gasteiger partial charge in [0.15, 0.2) is 0 Å². The molecule has 1 saturated heterocycles. The van der Waals surface area contributed by atoms with Gasteiger partial charge in [-0.05, 0) is 37.9 Å². The van der Waals surface area contributed by atoms with E-state index in [0.717, 1.165) is 25.9 Å². The first-order chi connectivity index (χ1) is 7.66. The van der Waals surface area contributed by atoms with Crippen molar-refractivity contribution in [2.45, 2.75) is 19.4 Å². The quantitative estimate of drug-likeness (QED) is 0.885. The van der Waals surface area contributed by atoms with E-state index in [4.69, 9.17) is 23.2 Å².